The van der Waals surface area contributed by atoms with E-state index < -0.39 is 10.0 Å². The maximum absolute atomic E-state index is 12.0. The quantitative estimate of drug-likeness (QED) is 0.142. The highest BCUT2D eigenvalue weighted by Crippen LogP contribution is 2.16. The van der Waals surface area contributed by atoms with Gasteiger partial charge in [0.2, 0.25) is 10.0 Å². The highest BCUT2D eigenvalue weighted by atomic mass is 127. The summed E-state index contributed by atoms with van der Waals surface area (Å²) in [5, 5.41) is 8.16. The number of nitrogens with one attached hydrogen (secondary N) is 3. The average Bonchev–Trinajstić information content (AvgIpc) is 3.19. The van der Waals surface area contributed by atoms with Crippen LogP contribution in [0.2, 0.25) is 0 Å². The number of benzene rings is 1. The summed E-state index contributed by atoms with van der Waals surface area (Å²) in [4.78, 5) is 5.64. The van der Waals surface area contributed by atoms with E-state index in [1.54, 1.807) is 29.3 Å². The molecule has 0 aliphatic heterocycles. The van der Waals surface area contributed by atoms with Crippen molar-refractivity contribution in [3.63, 3.8) is 0 Å². The molecular formula is C17H25IN4O2S3. The molecule has 0 unspecified atom stereocenters. The van der Waals surface area contributed by atoms with Crippen LogP contribution in [0, 0.1) is 0 Å². The van der Waals surface area contributed by atoms with Crippen LogP contribution in [-0.2, 0) is 10.0 Å². The summed E-state index contributed by atoms with van der Waals surface area (Å²) in [5.41, 5.74) is 0. The fraction of sp³-hybridized carbons (Fsp3) is 0.353. The number of nitrogens with zero attached hydrogens (tertiary/aromatic N) is 1. The van der Waals surface area contributed by atoms with Gasteiger partial charge in [-0.3, -0.25) is 4.99 Å². The van der Waals surface area contributed by atoms with Crippen molar-refractivity contribution >= 4 is 63.1 Å². The zero-order valence-corrected chi connectivity index (χ0v) is 19.8. The van der Waals surface area contributed by atoms with Crippen molar-refractivity contribution in [3.8, 4) is 0 Å². The third-order valence-electron chi connectivity index (χ3n) is 3.18. The van der Waals surface area contributed by atoms with E-state index in [1.165, 1.54) is 16.2 Å². The van der Waals surface area contributed by atoms with E-state index in [-0.39, 0.29) is 30.5 Å². The lowest BCUT2D eigenvalue weighted by atomic mass is 10.4. The van der Waals surface area contributed by atoms with Crippen molar-refractivity contribution in [1.29, 1.82) is 0 Å². The molecule has 0 atom stereocenters. The Morgan fingerprint density at radius 2 is 1.89 bits per heavy atom. The molecule has 150 valence electrons. The minimum absolute atomic E-state index is 0. The standard InChI is InChI=1S/C17H24N4O2S3.HI/c1-2-18-17(20-12-14-24-15-7-4-3-5-8-15)19-10-11-21-26(22,23)16-9-6-13-25-16;/h3-9,13,21H,2,10-12,14H2,1H3,(H2,18,19,20);1H. The van der Waals surface area contributed by atoms with E-state index in [9.17, 15) is 8.42 Å². The Bertz CT molecular complexity index is 769. The molecule has 2 aromatic rings. The number of guanidine groups is 1. The minimum atomic E-state index is -3.42. The molecule has 1 heterocycles. The van der Waals surface area contributed by atoms with Crippen molar-refractivity contribution < 1.29 is 8.42 Å². The first-order chi connectivity index (χ1) is 12.6. The number of sulfonamides is 1. The SMILES string of the molecule is CCNC(=NCCNS(=O)(=O)c1cccs1)NCCSc1ccccc1.I. The van der Waals surface area contributed by atoms with E-state index in [0.717, 1.165) is 18.8 Å². The Balaban J connectivity index is 0.00000364. The van der Waals surface area contributed by atoms with Gasteiger partial charge in [-0.25, -0.2) is 13.1 Å². The number of hydrogen-bond acceptors (Lipinski definition) is 5. The van der Waals surface area contributed by atoms with Crippen LogP contribution in [0.3, 0.4) is 0 Å². The fourth-order valence-electron chi connectivity index (χ4n) is 2.03. The highest BCUT2D eigenvalue weighted by molar-refractivity contribution is 14.0. The van der Waals surface area contributed by atoms with Crippen LogP contribution in [0.1, 0.15) is 6.92 Å². The monoisotopic (exact) mass is 540 g/mol. The van der Waals surface area contributed by atoms with Gasteiger partial charge in [0.25, 0.3) is 0 Å². The fourth-order valence-corrected chi connectivity index (χ4v) is 4.88. The molecule has 3 N–H and O–H groups in total. The molecule has 1 aromatic carbocycles. The molecule has 1 aromatic heterocycles. The van der Waals surface area contributed by atoms with Gasteiger partial charge in [0.05, 0.1) is 6.54 Å². The van der Waals surface area contributed by atoms with Gasteiger partial charge in [0.1, 0.15) is 4.21 Å². The third kappa shape index (κ3) is 9.28. The lowest BCUT2D eigenvalue weighted by Crippen LogP contribution is -2.39. The van der Waals surface area contributed by atoms with Crippen molar-refractivity contribution in [2.75, 3.05) is 31.9 Å². The maximum atomic E-state index is 12.0. The molecule has 10 heteroatoms. The van der Waals surface area contributed by atoms with Gasteiger partial charge in [0.15, 0.2) is 5.96 Å². The van der Waals surface area contributed by atoms with Crippen molar-refractivity contribution in [2.24, 2.45) is 4.99 Å². The van der Waals surface area contributed by atoms with Gasteiger partial charge < -0.3 is 10.6 Å². The zero-order chi connectivity index (χ0) is 18.7. The van der Waals surface area contributed by atoms with Crippen LogP contribution >= 0.6 is 47.1 Å². The topological polar surface area (TPSA) is 82.6 Å². The van der Waals surface area contributed by atoms with E-state index >= 15 is 0 Å². The van der Waals surface area contributed by atoms with Crippen molar-refractivity contribution in [3.05, 3.63) is 47.8 Å². The Labute approximate surface area is 186 Å². The average molecular weight is 541 g/mol. The molecule has 0 spiro atoms. The number of aliphatic imine (C=N–C) groups is 1. The lowest BCUT2D eigenvalue weighted by Gasteiger charge is -2.11. The van der Waals surface area contributed by atoms with E-state index in [4.69, 9.17) is 0 Å². The van der Waals surface area contributed by atoms with Crippen molar-refractivity contribution in [2.45, 2.75) is 16.0 Å². The predicted molar refractivity (Wildman–Crippen MR) is 126 cm³/mol. The van der Waals surface area contributed by atoms with Gasteiger partial charge in [-0.2, -0.15) is 0 Å². The molecule has 6 nitrogen and oxygen atoms in total. The molecular weight excluding hydrogens is 515 g/mol. The van der Waals surface area contributed by atoms with E-state index in [1.807, 2.05) is 25.1 Å². The van der Waals surface area contributed by atoms with Crippen LogP contribution in [0.25, 0.3) is 0 Å². The number of halogens is 1. The van der Waals surface area contributed by atoms with Crippen LogP contribution < -0.4 is 15.4 Å². The molecule has 0 saturated heterocycles. The smallest absolute Gasteiger partial charge is 0.250 e. The van der Waals surface area contributed by atoms with Gasteiger partial charge in [-0.15, -0.1) is 47.1 Å². The molecule has 0 bridgehead atoms. The Kier molecular flexibility index (Phi) is 12.0. The maximum Gasteiger partial charge on any atom is 0.250 e. The Morgan fingerprint density at radius 1 is 1.11 bits per heavy atom. The first-order valence-corrected chi connectivity index (χ1v) is 11.7. The summed E-state index contributed by atoms with van der Waals surface area (Å²) in [7, 11) is -3.42. The Hall–Kier alpha value is -0.820. The van der Waals surface area contributed by atoms with Crippen LogP contribution in [-0.4, -0.2) is 46.3 Å². The molecule has 0 aliphatic carbocycles. The van der Waals surface area contributed by atoms with E-state index in [0.29, 0.717) is 16.7 Å². The number of thiophene rings is 1. The number of rotatable bonds is 10. The van der Waals surface area contributed by atoms with Gasteiger partial charge in [-0.05, 0) is 30.5 Å². The first kappa shape index (κ1) is 24.2. The zero-order valence-electron chi connectivity index (χ0n) is 15.1. The van der Waals surface area contributed by atoms with Gasteiger partial charge >= 0.3 is 0 Å². The summed E-state index contributed by atoms with van der Waals surface area (Å²) >= 11 is 2.98. The summed E-state index contributed by atoms with van der Waals surface area (Å²) < 4.78 is 26.9. The van der Waals surface area contributed by atoms with Crippen molar-refractivity contribution in [1.82, 2.24) is 15.4 Å². The molecule has 0 saturated carbocycles. The van der Waals surface area contributed by atoms with Crippen LogP contribution in [0.4, 0.5) is 0 Å². The van der Waals surface area contributed by atoms with E-state index in [2.05, 4.69) is 32.5 Å². The molecule has 0 fully saturated rings. The van der Waals surface area contributed by atoms with Crippen LogP contribution in [0.5, 0.6) is 0 Å². The third-order valence-corrected chi connectivity index (χ3v) is 7.06. The second kappa shape index (κ2) is 13.4. The lowest BCUT2D eigenvalue weighted by molar-refractivity contribution is 0.584. The second-order valence-electron chi connectivity index (χ2n) is 5.18. The molecule has 0 radical (unpaired) electrons. The largest absolute Gasteiger partial charge is 0.357 e. The summed E-state index contributed by atoms with van der Waals surface area (Å²) in [5.74, 6) is 1.61. The number of hydrogen-bond donors (Lipinski definition) is 3. The molecule has 2 rings (SSSR count). The van der Waals surface area contributed by atoms with Crippen LogP contribution in [0.15, 0.2) is 61.9 Å². The minimum Gasteiger partial charge on any atom is -0.357 e. The normalized spacial score (nSPS) is 11.7. The molecule has 0 aliphatic rings. The number of thioether (sulfide) groups is 1. The summed E-state index contributed by atoms with van der Waals surface area (Å²) in [6, 6.07) is 13.5. The molecule has 0 amide bonds. The second-order valence-corrected chi connectivity index (χ2v) is 9.29. The summed E-state index contributed by atoms with van der Waals surface area (Å²) in [6.45, 7) is 4.14. The summed E-state index contributed by atoms with van der Waals surface area (Å²) in [6.07, 6.45) is 0. The first-order valence-electron chi connectivity index (χ1n) is 8.35. The van der Waals surface area contributed by atoms with Gasteiger partial charge in [-0.1, -0.05) is 24.3 Å². The molecule has 27 heavy (non-hydrogen) atoms. The predicted octanol–water partition coefficient (Wildman–Crippen LogP) is 2.99. The van der Waals surface area contributed by atoms with Gasteiger partial charge in [0, 0.05) is 30.3 Å². The Morgan fingerprint density at radius 3 is 2.56 bits per heavy atom. The highest BCUT2D eigenvalue weighted by Gasteiger charge is 2.13.